The fraction of sp³-hybridized carbons (Fsp3) is 0.385. The van der Waals surface area contributed by atoms with Gasteiger partial charge in [0.1, 0.15) is 18.2 Å². The second-order valence-corrected chi connectivity index (χ2v) is 9.30. The van der Waals surface area contributed by atoms with Crippen LogP contribution in [0.5, 0.6) is 5.75 Å². The van der Waals surface area contributed by atoms with Crippen molar-refractivity contribution in [3.05, 3.63) is 70.0 Å². The highest BCUT2D eigenvalue weighted by Gasteiger charge is 2.32. The summed E-state index contributed by atoms with van der Waals surface area (Å²) in [6.07, 6.45) is 1.54. The Kier molecular flexibility index (Phi) is 5.91. The van der Waals surface area contributed by atoms with E-state index in [2.05, 4.69) is 4.90 Å². The summed E-state index contributed by atoms with van der Waals surface area (Å²) in [4.78, 5) is 25.8. The van der Waals surface area contributed by atoms with Gasteiger partial charge in [-0.2, -0.15) is 0 Å². The second kappa shape index (κ2) is 8.51. The molecule has 2 aromatic carbocycles. The molecule has 1 N–H and O–H groups in total. The first-order valence-electron chi connectivity index (χ1n) is 10.9. The van der Waals surface area contributed by atoms with Crippen LogP contribution in [-0.4, -0.2) is 41.4 Å². The van der Waals surface area contributed by atoms with E-state index in [1.54, 1.807) is 26.0 Å². The van der Waals surface area contributed by atoms with Gasteiger partial charge in [0, 0.05) is 36.3 Å². The molecule has 2 aliphatic rings. The Morgan fingerprint density at radius 1 is 1.09 bits per heavy atom. The number of carboxylic acid groups (broad SMARTS) is 1. The van der Waals surface area contributed by atoms with Crippen LogP contribution in [-0.2, 0) is 11.4 Å². The second-order valence-electron chi connectivity index (χ2n) is 9.30. The highest BCUT2D eigenvalue weighted by molar-refractivity contribution is 5.97. The van der Waals surface area contributed by atoms with Crippen LogP contribution in [0.1, 0.15) is 60.7 Å². The van der Waals surface area contributed by atoms with Gasteiger partial charge < -0.3 is 14.7 Å². The molecular weight excluding hydrogens is 409 g/mol. The number of ketones is 1. The van der Waals surface area contributed by atoms with Gasteiger partial charge in [-0.25, -0.2) is 4.39 Å². The Bertz CT molecular complexity index is 1110. The smallest absolute Gasteiger partial charge is 0.310 e. The van der Waals surface area contributed by atoms with Crippen LogP contribution in [0.4, 0.5) is 4.39 Å². The van der Waals surface area contributed by atoms with Crippen LogP contribution < -0.4 is 4.74 Å². The van der Waals surface area contributed by atoms with Gasteiger partial charge in [-0.3, -0.25) is 9.59 Å². The Labute approximate surface area is 187 Å². The van der Waals surface area contributed by atoms with Crippen molar-refractivity contribution in [2.24, 2.45) is 5.41 Å². The van der Waals surface area contributed by atoms with E-state index in [0.29, 0.717) is 17.9 Å². The van der Waals surface area contributed by atoms with E-state index in [0.717, 1.165) is 48.2 Å². The number of carbonyl (C=O) groups excluding carboxylic acids is 1. The van der Waals surface area contributed by atoms with Crippen LogP contribution >= 0.6 is 0 Å². The summed E-state index contributed by atoms with van der Waals surface area (Å²) in [5.74, 6) is -0.447. The Hall–Kier alpha value is -2.99. The van der Waals surface area contributed by atoms with Crippen molar-refractivity contribution in [3.63, 3.8) is 0 Å². The van der Waals surface area contributed by atoms with E-state index in [1.165, 1.54) is 24.6 Å². The van der Waals surface area contributed by atoms with E-state index >= 15 is 0 Å². The number of piperidine rings is 1. The lowest BCUT2D eigenvalue weighted by atomic mass is 9.85. The predicted molar refractivity (Wildman–Crippen MR) is 120 cm³/mol. The number of benzene rings is 2. The number of fused-ring (bicyclic) bond motifs is 2. The molecule has 1 fully saturated rings. The third-order valence-electron chi connectivity index (χ3n) is 6.39. The molecule has 4 rings (SSSR count). The molecule has 32 heavy (non-hydrogen) atoms. The topological polar surface area (TPSA) is 66.8 Å². The lowest BCUT2D eigenvalue weighted by Gasteiger charge is -2.34. The van der Waals surface area contributed by atoms with Gasteiger partial charge in [-0.1, -0.05) is 11.6 Å². The number of halogens is 1. The minimum atomic E-state index is -0.812. The molecular formula is C26H28FNO4. The summed E-state index contributed by atoms with van der Waals surface area (Å²) in [5.41, 5.74) is 4.59. The molecule has 0 atom stereocenters. The molecule has 2 aliphatic heterocycles. The first-order valence-corrected chi connectivity index (χ1v) is 10.9. The minimum absolute atomic E-state index is 0.0218. The first kappa shape index (κ1) is 22.2. The average molecular weight is 438 g/mol. The highest BCUT2D eigenvalue weighted by Crippen LogP contribution is 2.42. The molecule has 168 valence electrons. The summed E-state index contributed by atoms with van der Waals surface area (Å²) in [6.45, 7) is 7.27. The number of nitrogens with zero attached hydrogens (tertiary/aromatic N) is 1. The van der Waals surface area contributed by atoms with E-state index in [4.69, 9.17) is 4.74 Å². The normalized spacial score (nSPS) is 16.6. The number of hydrogen-bond acceptors (Lipinski definition) is 4. The molecule has 0 spiro atoms. The van der Waals surface area contributed by atoms with Crippen molar-refractivity contribution in [2.75, 3.05) is 19.6 Å². The lowest BCUT2D eigenvalue weighted by Crippen LogP contribution is -2.42. The number of aliphatic carboxylic acids is 1. The summed E-state index contributed by atoms with van der Waals surface area (Å²) in [5, 5.41) is 9.46. The number of carbonyl (C=O) groups is 2. The molecule has 0 saturated carbocycles. The number of carboxylic acids is 1. The highest BCUT2D eigenvalue weighted by atomic mass is 19.1. The third-order valence-corrected chi connectivity index (χ3v) is 6.39. The maximum Gasteiger partial charge on any atom is 0.310 e. The van der Waals surface area contributed by atoms with Crippen molar-refractivity contribution in [3.8, 4) is 5.75 Å². The number of ether oxygens (including phenoxy) is 1. The minimum Gasteiger partial charge on any atom is -0.488 e. The zero-order valence-electron chi connectivity index (χ0n) is 18.7. The Morgan fingerprint density at radius 2 is 1.81 bits per heavy atom. The van der Waals surface area contributed by atoms with Crippen LogP contribution in [0.2, 0.25) is 0 Å². The zero-order chi connectivity index (χ0) is 23.0. The molecule has 0 aromatic heterocycles. The van der Waals surface area contributed by atoms with E-state index in [9.17, 15) is 19.1 Å². The Morgan fingerprint density at radius 3 is 2.47 bits per heavy atom. The summed E-state index contributed by atoms with van der Waals surface area (Å²) >= 11 is 0. The lowest BCUT2D eigenvalue weighted by molar-refractivity contribution is -0.148. The van der Waals surface area contributed by atoms with Gasteiger partial charge in [-0.05, 0) is 75.1 Å². The standard InChI is InChI=1S/C26H28FNO4/c1-16(29)18-4-7-23-22(13-18)24(21-6-5-20(27)12-19(21)14-32-23)17-8-10-28(11-9-17)15-26(2,3)25(30)31/h4-7,12-13H,8-11,14-15H2,1-3H3,(H,30,31). The summed E-state index contributed by atoms with van der Waals surface area (Å²) in [7, 11) is 0. The van der Waals surface area contributed by atoms with Crippen LogP contribution in [0.25, 0.3) is 5.57 Å². The van der Waals surface area contributed by atoms with Crippen molar-refractivity contribution in [1.29, 1.82) is 0 Å². The molecule has 0 unspecified atom stereocenters. The molecule has 5 nitrogen and oxygen atoms in total. The van der Waals surface area contributed by atoms with Crippen molar-refractivity contribution < 1.29 is 23.8 Å². The van der Waals surface area contributed by atoms with E-state index in [-0.39, 0.29) is 18.2 Å². The van der Waals surface area contributed by atoms with E-state index in [1.807, 2.05) is 12.1 Å². The first-order chi connectivity index (χ1) is 15.2. The molecule has 6 heteroatoms. The fourth-order valence-electron chi connectivity index (χ4n) is 4.54. The van der Waals surface area contributed by atoms with Gasteiger partial charge in [0.25, 0.3) is 0 Å². The molecule has 2 aromatic rings. The van der Waals surface area contributed by atoms with Crippen LogP contribution in [0.3, 0.4) is 0 Å². The maximum absolute atomic E-state index is 14.0. The molecule has 0 bridgehead atoms. The van der Waals surface area contributed by atoms with Crippen LogP contribution in [0.15, 0.2) is 42.0 Å². The summed E-state index contributed by atoms with van der Waals surface area (Å²) < 4.78 is 20.0. The van der Waals surface area contributed by atoms with E-state index < -0.39 is 11.4 Å². The van der Waals surface area contributed by atoms with Crippen molar-refractivity contribution >= 4 is 17.3 Å². The maximum atomic E-state index is 14.0. The molecule has 0 radical (unpaired) electrons. The average Bonchev–Trinajstić information content (AvgIpc) is 2.90. The third kappa shape index (κ3) is 4.32. The fourth-order valence-corrected chi connectivity index (χ4v) is 4.54. The van der Waals surface area contributed by atoms with Gasteiger partial charge in [0.2, 0.25) is 0 Å². The summed E-state index contributed by atoms with van der Waals surface area (Å²) in [6, 6.07) is 10.2. The number of rotatable bonds is 4. The zero-order valence-corrected chi connectivity index (χ0v) is 18.7. The Balaban J connectivity index is 1.76. The van der Waals surface area contributed by atoms with Gasteiger partial charge >= 0.3 is 5.97 Å². The largest absolute Gasteiger partial charge is 0.488 e. The van der Waals surface area contributed by atoms with Crippen molar-refractivity contribution in [1.82, 2.24) is 4.90 Å². The molecule has 2 heterocycles. The van der Waals surface area contributed by atoms with Crippen molar-refractivity contribution in [2.45, 2.75) is 40.2 Å². The SMILES string of the molecule is CC(=O)c1ccc2c(c1)C(=C1CCN(CC(C)(C)C(=O)O)CC1)c1ccc(F)cc1CO2. The molecule has 1 saturated heterocycles. The number of Topliss-reactive ketones (excluding diaryl/α,β-unsaturated/α-hetero) is 1. The van der Waals surface area contributed by atoms with Gasteiger partial charge in [0.05, 0.1) is 5.41 Å². The van der Waals surface area contributed by atoms with Crippen LogP contribution in [0, 0.1) is 11.2 Å². The van der Waals surface area contributed by atoms with Gasteiger partial charge in [-0.15, -0.1) is 0 Å². The monoisotopic (exact) mass is 437 g/mol. The predicted octanol–water partition coefficient (Wildman–Crippen LogP) is 4.93. The quantitative estimate of drug-likeness (QED) is 0.687. The molecule has 0 amide bonds. The van der Waals surface area contributed by atoms with Gasteiger partial charge in [0.15, 0.2) is 5.78 Å². The number of likely N-dealkylation sites (tertiary alicyclic amines) is 1. The number of hydrogen-bond donors (Lipinski definition) is 1. The molecule has 0 aliphatic carbocycles.